The molecule has 0 amide bonds. The first-order valence-electron chi connectivity index (χ1n) is 6.77. The summed E-state index contributed by atoms with van der Waals surface area (Å²) in [5.74, 6) is 1.07. The normalized spacial score (nSPS) is 14.6. The van der Waals surface area contributed by atoms with Crippen molar-refractivity contribution in [3.05, 3.63) is 48.4 Å². The van der Waals surface area contributed by atoms with Gasteiger partial charge in [-0.05, 0) is 37.1 Å². The molecular weight excluding hydrogens is 236 g/mol. The molecule has 98 valence electrons. The molecule has 4 heteroatoms. The first-order chi connectivity index (χ1) is 9.43. The van der Waals surface area contributed by atoms with E-state index in [0.29, 0.717) is 0 Å². The summed E-state index contributed by atoms with van der Waals surface area (Å²) in [6, 6.07) is 10.0. The summed E-state index contributed by atoms with van der Waals surface area (Å²) in [6.45, 7) is 2.94. The molecule has 0 atom stereocenters. The van der Waals surface area contributed by atoms with Gasteiger partial charge in [0.25, 0.3) is 0 Å². The van der Waals surface area contributed by atoms with Gasteiger partial charge >= 0.3 is 0 Å². The molecule has 0 spiro atoms. The van der Waals surface area contributed by atoms with Gasteiger partial charge in [0.05, 0.1) is 17.9 Å². The highest BCUT2D eigenvalue weighted by molar-refractivity contribution is 5.65. The van der Waals surface area contributed by atoms with Gasteiger partial charge in [-0.25, -0.2) is 4.98 Å². The van der Waals surface area contributed by atoms with E-state index >= 15 is 0 Å². The molecule has 4 nitrogen and oxygen atoms in total. The Kier molecular flexibility index (Phi) is 3.58. The minimum absolute atomic E-state index is 0.730. The van der Waals surface area contributed by atoms with Gasteiger partial charge in [-0.2, -0.15) is 0 Å². The van der Waals surface area contributed by atoms with Crippen LogP contribution in [0.5, 0.6) is 0 Å². The van der Waals surface area contributed by atoms with Crippen LogP contribution in [0.2, 0.25) is 0 Å². The third-order valence-corrected chi connectivity index (χ3v) is 3.38. The zero-order valence-corrected chi connectivity index (χ0v) is 10.9. The van der Waals surface area contributed by atoms with Crippen LogP contribution in [0.3, 0.4) is 0 Å². The lowest BCUT2D eigenvalue weighted by Crippen LogP contribution is -2.20. The summed E-state index contributed by atoms with van der Waals surface area (Å²) in [5, 5.41) is 3.44. The van der Waals surface area contributed by atoms with E-state index in [0.717, 1.165) is 36.8 Å². The van der Waals surface area contributed by atoms with Crippen molar-refractivity contribution >= 4 is 11.5 Å². The third-order valence-electron chi connectivity index (χ3n) is 3.38. The average molecular weight is 254 g/mol. The van der Waals surface area contributed by atoms with Crippen molar-refractivity contribution in [3.63, 3.8) is 0 Å². The van der Waals surface area contributed by atoms with Gasteiger partial charge in [-0.1, -0.05) is 6.07 Å². The standard InChI is InChI=1S/C15H18N4/c1-2-8-16-13(6-1)12-18-14-7-5-9-17-15(14)19-10-3-4-11-19/h1-2,5-9,18H,3-4,10-12H2. The second-order valence-electron chi connectivity index (χ2n) is 4.74. The first-order valence-corrected chi connectivity index (χ1v) is 6.77. The quantitative estimate of drug-likeness (QED) is 0.910. The van der Waals surface area contributed by atoms with E-state index in [9.17, 15) is 0 Å². The fourth-order valence-electron chi connectivity index (χ4n) is 2.40. The SMILES string of the molecule is c1ccc(CNc2cccnc2N2CCCC2)nc1. The van der Waals surface area contributed by atoms with Crippen molar-refractivity contribution < 1.29 is 0 Å². The molecule has 1 saturated heterocycles. The van der Waals surface area contributed by atoms with Crippen LogP contribution in [0.15, 0.2) is 42.7 Å². The van der Waals surface area contributed by atoms with Crippen molar-refractivity contribution in [3.8, 4) is 0 Å². The largest absolute Gasteiger partial charge is 0.376 e. The van der Waals surface area contributed by atoms with Gasteiger partial charge in [0, 0.05) is 25.5 Å². The average Bonchev–Trinajstić information content (AvgIpc) is 3.01. The summed E-state index contributed by atoms with van der Waals surface area (Å²) >= 11 is 0. The van der Waals surface area contributed by atoms with E-state index in [4.69, 9.17) is 0 Å². The van der Waals surface area contributed by atoms with Crippen LogP contribution in [0.25, 0.3) is 0 Å². The van der Waals surface area contributed by atoms with E-state index in [2.05, 4.69) is 26.3 Å². The molecule has 3 heterocycles. The van der Waals surface area contributed by atoms with Crippen LogP contribution in [-0.2, 0) is 6.54 Å². The van der Waals surface area contributed by atoms with Crippen molar-refractivity contribution in [2.24, 2.45) is 0 Å². The topological polar surface area (TPSA) is 41.1 Å². The van der Waals surface area contributed by atoms with Gasteiger partial charge in [0.1, 0.15) is 0 Å². The number of hydrogen-bond acceptors (Lipinski definition) is 4. The minimum Gasteiger partial charge on any atom is -0.376 e. The molecule has 0 aliphatic carbocycles. The number of anilines is 2. The number of aromatic nitrogens is 2. The molecular formula is C15H18N4. The molecule has 0 unspecified atom stereocenters. The third kappa shape index (κ3) is 2.84. The van der Waals surface area contributed by atoms with Crippen molar-refractivity contribution in [1.82, 2.24) is 9.97 Å². The van der Waals surface area contributed by atoms with Gasteiger partial charge in [0.2, 0.25) is 0 Å². The van der Waals surface area contributed by atoms with Crippen LogP contribution in [0, 0.1) is 0 Å². The van der Waals surface area contributed by atoms with Gasteiger partial charge < -0.3 is 10.2 Å². The molecule has 1 aliphatic rings. The zero-order valence-electron chi connectivity index (χ0n) is 10.9. The maximum absolute atomic E-state index is 4.52. The van der Waals surface area contributed by atoms with Crippen LogP contribution < -0.4 is 10.2 Å². The first kappa shape index (κ1) is 12.0. The Labute approximate surface area is 113 Å². The maximum atomic E-state index is 4.52. The van der Waals surface area contributed by atoms with E-state index < -0.39 is 0 Å². The Hall–Kier alpha value is -2.10. The summed E-state index contributed by atoms with van der Waals surface area (Å²) in [4.78, 5) is 11.2. The minimum atomic E-state index is 0.730. The molecule has 0 bridgehead atoms. The smallest absolute Gasteiger partial charge is 0.151 e. The van der Waals surface area contributed by atoms with Crippen molar-refractivity contribution in [2.75, 3.05) is 23.3 Å². The number of nitrogens with one attached hydrogen (secondary N) is 1. The second-order valence-corrected chi connectivity index (χ2v) is 4.74. The van der Waals surface area contributed by atoms with Crippen LogP contribution in [-0.4, -0.2) is 23.1 Å². The fourth-order valence-corrected chi connectivity index (χ4v) is 2.40. The van der Waals surface area contributed by atoms with E-state index in [-0.39, 0.29) is 0 Å². The Balaban J connectivity index is 1.73. The predicted molar refractivity (Wildman–Crippen MR) is 77.2 cm³/mol. The highest BCUT2D eigenvalue weighted by atomic mass is 15.2. The maximum Gasteiger partial charge on any atom is 0.151 e. The second kappa shape index (κ2) is 5.69. The fraction of sp³-hybridized carbons (Fsp3) is 0.333. The number of rotatable bonds is 4. The van der Waals surface area contributed by atoms with E-state index in [1.807, 2.05) is 36.7 Å². The molecule has 1 aliphatic heterocycles. The van der Waals surface area contributed by atoms with Crippen LogP contribution >= 0.6 is 0 Å². The Morgan fingerprint density at radius 2 is 1.84 bits per heavy atom. The molecule has 2 aromatic rings. The Bertz CT molecular complexity index is 521. The Morgan fingerprint density at radius 3 is 2.63 bits per heavy atom. The van der Waals surface area contributed by atoms with Crippen molar-refractivity contribution in [1.29, 1.82) is 0 Å². The summed E-state index contributed by atoms with van der Waals surface area (Å²) in [6.07, 6.45) is 6.20. The number of nitrogens with zero attached hydrogens (tertiary/aromatic N) is 3. The summed E-state index contributed by atoms with van der Waals surface area (Å²) in [5.41, 5.74) is 2.13. The highest BCUT2D eigenvalue weighted by Crippen LogP contribution is 2.26. The van der Waals surface area contributed by atoms with Gasteiger partial charge in [-0.3, -0.25) is 4.98 Å². The monoisotopic (exact) mass is 254 g/mol. The summed E-state index contributed by atoms with van der Waals surface area (Å²) in [7, 11) is 0. The van der Waals surface area contributed by atoms with Gasteiger partial charge in [-0.15, -0.1) is 0 Å². The summed E-state index contributed by atoms with van der Waals surface area (Å²) < 4.78 is 0. The lowest BCUT2D eigenvalue weighted by molar-refractivity contribution is 0.932. The molecule has 1 N–H and O–H groups in total. The molecule has 19 heavy (non-hydrogen) atoms. The van der Waals surface area contributed by atoms with Gasteiger partial charge in [0.15, 0.2) is 5.82 Å². The molecule has 2 aromatic heterocycles. The van der Waals surface area contributed by atoms with Crippen LogP contribution in [0.4, 0.5) is 11.5 Å². The van der Waals surface area contributed by atoms with E-state index in [1.165, 1.54) is 12.8 Å². The van der Waals surface area contributed by atoms with Crippen molar-refractivity contribution in [2.45, 2.75) is 19.4 Å². The molecule has 0 radical (unpaired) electrons. The Morgan fingerprint density at radius 1 is 1.00 bits per heavy atom. The highest BCUT2D eigenvalue weighted by Gasteiger charge is 2.16. The van der Waals surface area contributed by atoms with E-state index in [1.54, 1.807) is 0 Å². The molecule has 3 rings (SSSR count). The number of pyridine rings is 2. The van der Waals surface area contributed by atoms with Crippen LogP contribution in [0.1, 0.15) is 18.5 Å². The zero-order chi connectivity index (χ0) is 12.9. The molecule has 0 saturated carbocycles. The molecule has 0 aromatic carbocycles. The number of hydrogen-bond donors (Lipinski definition) is 1. The predicted octanol–water partition coefficient (Wildman–Crippen LogP) is 2.69. The molecule has 1 fully saturated rings. The lowest BCUT2D eigenvalue weighted by Gasteiger charge is -2.20. The lowest BCUT2D eigenvalue weighted by atomic mass is 10.3.